The molecule has 2 heterocycles. The van der Waals surface area contributed by atoms with Crippen LogP contribution in [0.4, 0.5) is 5.13 Å². The summed E-state index contributed by atoms with van der Waals surface area (Å²) in [4.78, 5) is 11.6. The minimum absolute atomic E-state index is 0.0445. The van der Waals surface area contributed by atoms with E-state index in [4.69, 9.17) is 0 Å². The van der Waals surface area contributed by atoms with Crippen molar-refractivity contribution >= 4 is 22.4 Å². The maximum atomic E-state index is 11.6. The van der Waals surface area contributed by atoms with Crippen LogP contribution in [0.15, 0.2) is 0 Å². The van der Waals surface area contributed by atoms with Crippen LogP contribution in [0.2, 0.25) is 0 Å². The van der Waals surface area contributed by atoms with E-state index in [0.717, 1.165) is 24.5 Å². The summed E-state index contributed by atoms with van der Waals surface area (Å²) in [6, 6.07) is 0. The number of carbonyl (C=O) groups excluding carboxylic acids is 1. The maximum Gasteiger partial charge on any atom is 0.226 e. The fraction of sp³-hybridized carbons (Fsp3) is 0.700. The molecule has 1 unspecified atom stereocenters. The van der Waals surface area contributed by atoms with Gasteiger partial charge in [0.05, 0.1) is 0 Å². The van der Waals surface area contributed by atoms with Crippen LogP contribution in [0.3, 0.4) is 0 Å². The molecular weight excluding hydrogens is 224 g/mol. The number of nitrogens with zero attached hydrogens (tertiary/aromatic N) is 2. The van der Waals surface area contributed by atoms with Crippen LogP contribution in [-0.4, -0.2) is 29.2 Å². The van der Waals surface area contributed by atoms with Gasteiger partial charge in [-0.2, -0.15) is 0 Å². The largest absolute Gasteiger partial charge is 0.316 e. The molecule has 2 N–H and O–H groups in total. The summed E-state index contributed by atoms with van der Waals surface area (Å²) in [5.41, 5.74) is 0. The third kappa shape index (κ3) is 3.24. The normalized spacial score (nSPS) is 19.9. The van der Waals surface area contributed by atoms with E-state index in [1.807, 2.05) is 6.92 Å². The van der Waals surface area contributed by atoms with Gasteiger partial charge >= 0.3 is 0 Å². The second-order valence-corrected chi connectivity index (χ2v) is 5.25. The SMILES string of the molecule is Cc1nnc(NC(=O)CCC2CCNC2)s1. The van der Waals surface area contributed by atoms with Crippen LogP contribution < -0.4 is 10.6 Å². The lowest BCUT2D eigenvalue weighted by Crippen LogP contribution is -2.14. The smallest absolute Gasteiger partial charge is 0.226 e. The first-order valence-corrected chi connectivity index (χ1v) is 6.36. The number of hydrogen-bond acceptors (Lipinski definition) is 5. The van der Waals surface area contributed by atoms with E-state index in [0.29, 0.717) is 17.5 Å². The molecule has 1 saturated heterocycles. The van der Waals surface area contributed by atoms with Gasteiger partial charge in [-0.1, -0.05) is 11.3 Å². The molecule has 1 aromatic rings. The van der Waals surface area contributed by atoms with E-state index in [-0.39, 0.29) is 5.91 Å². The summed E-state index contributed by atoms with van der Waals surface area (Å²) in [5, 5.41) is 15.3. The van der Waals surface area contributed by atoms with Gasteiger partial charge in [0.2, 0.25) is 11.0 Å². The molecular formula is C10H16N4OS. The first kappa shape index (κ1) is 11.5. The van der Waals surface area contributed by atoms with Gasteiger partial charge in [-0.3, -0.25) is 4.79 Å². The molecule has 1 amide bonds. The molecule has 0 saturated carbocycles. The highest BCUT2D eigenvalue weighted by molar-refractivity contribution is 7.15. The van der Waals surface area contributed by atoms with Crippen molar-refractivity contribution in [3.63, 3.8) is 0 Å². The molecule has 6 heteroatoms. The summed E-state index contributed by atoms with van der Waals surface area (Å²) in [6.07, 6.45) is 2.72. The minimum atomic E-state index is 0.0445. The summed E-state index contributed by atoms with van der Waals surface area (Å²) < 4.78 is 0. The Labute approximate surface area is 98.7 Å². The maximum absolute atomic E-state index is 11.6. The van der Waals surface area contributed by atoms with Gasteiger partial charge in [-0.15, -0.1) is 10.2 Å². The fourth-order valence-electron chi connectivity index (χ4n) is 1.82. The van der Waals surface area contributed by atoms with Crippen molar-refractivity contribution in [2.45, 2.75) is 26.2 Å². The average molecular weight is 240 g/mol. The average Bonchev–Trinajstić information content (AvgIpc) is 2.87. The van der Waals surface area contributed by atoms with Gasteiger partial charge in [0.25, 0.3) is 0 Å². The van der Waals surface area contributed by atoms with Crippen LogP contribution in [0.1, 0.15) is 24.3 Å². The third-order valence-electron chi connectivity index (χ3n) is 2.71. The zero-order chi connectivity index (χ0) is 11.4. The Balaban J connectivity index is 1.71. The quantitative estimate of drug-likeness (QED) is 0.829. The van der Waals surface area contributed by atoms with E-state index >= 15 is 0 Å². The van der Waals surface area contributed by atoms with E-state index in [2.05, 4.69) is 20.8 Å². The predicted octanol–water partition coefficient (Wildman–Crippen LogP) is 1.17. The lowest BCUT2D eigenvalue weighted by atomic mass is 10.0. The minimum Gasteiger partial charge on any atom is -0.316 e. The van der Waals surface area contributed by atoms with E-state index in [9.17, 15) is 4.79 Å². The monoisotopic (exact) mass is 240 g/mol. The molecule has 0 bridgehead atoms. The fourth-order valence-corrected chi connectivity index (χ4v) is 2.43. The van der Waals surface area contributed by atoms with Crippen molar-refractivity contribution in [3.8, 4) is 0 Å². The molecule has 1 aliphatic heterocycles. The van der Waals surface area contributed by atoms with Crippen molar-refractivity contribution < 1.29 is 4.79 Å². The van der Waals surface area contributed by atoms with Gasteiger partial charge in [0.15, 0.2) is 0 Å². The Morgan fingerprint density at radius 1 is 1.62 bits per heavy atom. The lowest BCUT2D eigenvalue weighted by molar-refractivity contribution is -0.116. The van der Waals surface area contributed by atoms with Gasteiger partial charge in [0, 0.05) is 6.42 Å². The summed E-state index contributed by atoms with van der Waals surface area (Å²) in [5.74, 6) is 0.699. The Morgan fingerprint density at radius 3 is 3.12 bits per heavy atom. The highest BCUT2D eigenvalue weighted by atomic mass is 32.1. The molecule has 2 rings (SSSR count). The first-order chi connectivity index (χ1) is 7.74. The molecule has 16 heavy (non-hydrogen) atoms. The zero-order valence-electron chi connectivity index (χ0n) is 9.32. The highest BCUT2D eigenvalue weighted by Gasteiger charge is 2.16. The molecule has 0 aromatic carbocycles. The molecule has 1 aliphatic rings. The zero-order valence-corrected chi connectivity index (χ0v) is 10.1. The topological polar surface area (TPSA) is 66.9 Å². The molecule has 0 spiro atoms. The van der Waals surface area contributed by atoms with Crippen molar-refractivity contribution in [2.75, 3.05) is 18.4 Å². The van der Waals surface area contributed by atoms with Crippen molar-refractivity contribution in [3.05, 3.63) is 5.01 Å². The number of hydrogen-bond donors (Lipinski definition) is 2. The van der Waals surface area contributed by atoms with Crippen LogP contribution in [0, 0.1) is 12.8 Å². The molecule has 1 aromatic heterocycles. The Bertz CT molecular complexity index is 359. The van der Waals surface area contributed by atoms with Crippen LogP contribution in [0.5, 0.6) is 0 Å². The van der Waals surface area contributed by atoms with Crippen LogP contribution in [-0.2, 0) is 4.79 Å². The number of amides is 1. The standard InChI is InChI=1S/C10H16N4OS/c1-7-13-14-10(16-7)12-9(15)3-2-8-4-5-11-6-8/h8,11H,2-6H2,1H3,(H,12,14,15). The molecule has 5 nitrogen and oxygen atoms in total. The molecule has 1 fully saturated rings. The molecule has 1 atom stereocenters. The third-order valence-corrected chi connectivity index (χ3v) is 3.47. The Morgan fingerprint density at radius 2 is 2.50 bits per heavy atom. The first-order valence-electron chi connectivity index (χ1n) is 5.54. The van der Waals surface area contributed by atoms with Gasteiger partial charge in [0.1, 0.15) is 5.01 Å². The van der Waals surface area contributed by atoms with Crippen molar-refractivity contribution in [1.82, 2.24) is 15.5 Å². The summed E-state index contributed by atoms with van der Waals surface area (Å²) in [7, 11) is 0. The van der Waals surface area contributed by atoms with Crippen LogP contribution >= 0.6 is 11.3 Å². The molecule has 0 aliphatic carbocycles. The van der Waals surface area contributed by atoms with Crippen molar-refractivity contribution in [2.24, 2.45) is 5.92 Å². The summed E-state index contributed by atoms with van der Waals surface area (Å²) in [6.45, 7) is 4.00. The summed E-state index contributed by atoms with van der Waals surface area (Å²) >= 11 is 1.41. The second kappa shape index (κ2) is 5.36. The lowest BCUT2D eigenvalue weighted by Gasteiger charge is -2.06. The number of aryl methyl sites for hydroxylation is 1. The van der Waals surface area contributed by atoms with Crippen LogP contribution in [0.25, 0.3) is 0 Å². The van der Waals surface area contributed by atoms with E-state index in [1.165, 1.54) is 17.8 Å². The number of carbonyl (C=O) groups is 1. The van der Waals surface area contributed by atoms with Gasteiger partial charge < -0.3 is 10.6 Å². The van der Waals surface area contributed by atoms with Gasteiger partial charge in [-0.25, -0.2) is 0 Å². The van der Waals surface area contributed by atoms with Crippen molar-refractivity contribution in [1.29, 1.82) is 0 Å². The highest BCUT2D eigenvalue weighted by Crippen LogP contribution is 2.17. The molecule has 88 valence electrons. The number of nitrogens with one attached hydrogen (secondary N) is 2. The molecule has 0 radical (unpaired) electrons. The Kier molecular flexibility index (Phi) is 3.84. The predicted molar refractivity (Wildman–Crippen MR) is 63.5 cm³/mol. The number of rotatable bonds is 4. The van der Waals surface area contributed by atoms with E-state index in [1.54, 1.807) is 0 Å². The second-order valence-electron chi connectivity index (χ2n) is 4.07. The number of anilines is 1. The number of aromatic nitrogens is 2. The van der Waals surface area contributed by atoms with E-state index < -0.39 is 0 Å². The Hall–Kier alpha value is -1.01. The van der Waals surface area contributed by atoms with Gasteiger partial charge in [-0.05, 0) is 38.8 Å².